The first-order chi connectivity index (χ1) is 9.12. The van der Waals surface area contributed by atoms with Crippen molar-refractivity contribution in [3.63, 3.8) is 0 Å². The van der Waals surface area contributed by atoms with E-state index < -0.39 is 5.82 Å². The monoisotopic (exact) mass is 280 g/mol. The molecular weight excluding hydrogens is 267 g/mol. The van der Waals surface area contributed by atoms with Gasteiger partial charge in [0.1, 0.15) is 5.82 Å². The second-order valence-electron chi connectivity index (χ2n) is 4.01. The predicted octanol–water partition coefficient (Wildman–Crippen LogP) is 3.03. The van der Waals surface area contributed by atoms with Crippen molar-refractivity contribution in [2.24, 2.45) is 5.73 Å². The summed E-state index contributed by atoms with van der Waals surface area (Å²) in [5.74, 6) is -0.0430. The number of nitrogens with zero attached hydrogens (tertiary/aromatic N) is 2. The molecule has 0 spiro atoms. The van der Waals surface area contributed by atoms with Crippen LogP contribution in [0.25, 0.3) is 0 Å². The van der Waals surface area contributed by atoms with Crippen LogP contribution < -0.4 is 11.1 Å². The standard InChI is InChI=1S/C13H14ClFN4/c1-2-8-7-17-13(19-12(8)6-16)18-11-4-9(14)3-10(15)5-11/h3-5,7H,2,6,16H2,1H3,(H,17,18,19). The minimum Gasteiger partial charge on any atom is -0.325 e. The fourth-order valence-electron chi connectivity index (χ4n) is 1.73. The minimum absolute atomic E-state index is 0.312. The maximum Gasteiger partial charge on any atom is 0.227 e. The van der Waals surface area contributed by atoms with Crippen molar-refractivity contribution in [1.82, 2.24) is 9.97 Å². The second-order valence-corrected chi connectivity index (χ2v) is 4.44. The van der Waals surface area contributed by atoms with E-state index in [-0.39, 0.29) is 0 Å². The van der Waals surface area contributed by atoms with Crippen LogP contribution in [0.1, 0.15) is 18.2 Å². The molecule has 1 aromatic heterocycles. The van der Waals surface area contributed by atoms with E-state index in [2.05, 4.69) is 15.3 Å². The number of aromatic nitrogens is 2. The minimum atomic E-state index is -0.417. The van der Waals surface area contributed by atoms with Crippen LogP contribution >= 0.6 is 11.6 Å². The van der Waals surface area contributed by atoms with Crippen LogP contribution in [0.15, 0.2) is 24.4 Å². The van der Waals surface area contributed by atoms with Gasteiger partial charge < -0.3 is 11.1 Å². The number of hydrogen-bond acceptors (Lipinski definition) is 4. The predicted molar refractivity (Wildman–Crippen MR) is 74.0 cm³/mol. The van der Waals surface area contributed by atoms with Crippen molar-refractivity contribution < 1.29 is 4.39 Å². The van der Waals surface area contributed by atoms with Crippen molar-refractivity contribution >= 4 is 23.2 Å². The molecule has 0 saturated carbocycles. The molecule has 0 aliphatic rings. The van der Waals surface area contributed by atoms with Crippen molar-refractivity contribution in [2.45, 2.75) is 19.9 Å². The Bertz CT molecular complexity index is 569. The number of nitrogens with one attached hydrogen (secondary N) is 1. The number of anilines is 2. The Morgan fingerprint density at radius 1 is 1.37 bits per heavy atom. The largest absolute Gasteiger partial charge is 0.325 e. The summed E-state index contributed by atoms with van der Waals surface area (Å²) in [5.41, 5.74) is 7.92. The van der Waals surface area contributed by atoms with E-state index in [1.165, 1.54) is 12.1 Å². The van der Waals surface area contributed by atoms with Crippen LogP contribution in [-0.4, -0.2) is 9.97 Å². The molecule has 0 bridgehead atoms. The van der Waals surface area contributed by atoms with Crippen LogP contribution in [0.5, 0.6) is 0 Å². The summed E-state index contributed by atoms with van der Waals surface area (Å²) in [6, 6.07) is 4.16. The van der Waals surface area contributed by atoms with Gasteiger partial charge in [-0.15, -0.1) is 0 Å². The summed E-state index contributed by atoms with van der Waals surface area (Å²) in [5, 5.41) is 3.22. The number of hydrogen-bond donors (Lipinski definition) is 2. The number of nitrogens with two attached hydrogens (primary N) is 1. The second kappa shape index (κ2) is 5.95. The smallest absolute Gasteiger partial charge is 0.227 e. The Balaban J connectivity index is 2.28. The third-order valence-corrected chi connectivity index (χ3v) is 2.87. The first-order valence-electron chi connectivity index (χ1n) is 5.90. The third-order valence-electron chi connectivity index (χ3n) is 2.65. The molecule has 0 amide bonds. The molecule has 0 saturated heterocycles. The van der Waals surface area contributed by atoms with Gasteiger partial charge in [0.25, 0.3) is 0 Å². The van der Waals surface area contributed by atoms with Crippen LogP contribution in [0, 0.1) is 5.82 Å². The quantitative estimate of drug-likeness (QED) is 0.903. The summed E-state index contributed by atoms with van der Waals surface area (Å²) >= 11 is 5.78. The molecule has 0 fully saturated rings. The van der Waals surface area contributed by atoms with E-state index in [0.29, 0.717) is 23.2 Å². The van der Waals surface area contributed by atoms with Crippen molar-refractivity contribution in [3.8, 4) is 0 Å². The van der Waals surface area contributed by atoms with E-state index in [9.17, 15) is 4.39 Å². The molecule has 0 aliphatic heterocycles. The van der Waals surface area contributed by atoms with Gasteiger partial charge in [-0.1, -0.05) is 18.5 Å². The lowest BCUT2D eigenvalue weighted by Crippen LogP contribution is -2.08. The normalized spacial score (nSPS) is 10.5. The number of rotatable bonds is 4. The van der Waals surface area contributed by atoms with Gasteiger partial charge in [0, 0.05) is 23.5 Å². The highest BCUT2D eigenvalue weighted by Gasteiger charge is 2.06. The molecule has 0 radical (unpaired) electrons. The van der Waals surface area contributed by atoms with E-state index in [1.807, 2.05) is 6.92 Å². The summed E-state index contributed by atoms with van der Waals surface area (Å²) in [6.45, 7) is 2.35. The Kier molecular flexibility index (Phi) is 4.29. The van der Waals surface area contributed by atoms with Gasteiger partial charge in [-0.25, -0.2) is 14.4 Å². The van der Waals surface area contributed by atoms with Crippen LogP contribution in [-0.2, 0) is 13.0 Å². The van der Waals surface area contributed by atoms with Gasteiger partial charge in [-0.05, 0) is 30.2 Å². The maximum absolute atomic E-state index is 13.2. The number of halogens is 2. The zero-order chi connectivity index (χ0) is 13.8. The summed E-state index contributed by atoms with van der Waals surface area (Å²) in [6.07, 6.45) is 2.54. The molecule has 1 heterocycles. The number of aryl methyl sites for hydroxylation is 1. The summed E-state index contributed by atoms with van der Waals surface area (Å²) in [7, 11) is 0. The van der Waals surface area contributed by atoms with Gasteiger partial charge in [-0.2, -0.15) is 0 Å². The van der Waals surface area contributed by atoms with E-state index in [4.69, 9.17) is 17.3 Å². The maximum atomic E-state index is 13.2. The summed E-state index contributed by atoms with van der Waals surface area (Å²) in [4.78, 5) is 8.47. The van der Waals surface area contributed by atoms with Crippen LogP contribution in [0.4, 0.5) is 16.0 Å². The molecule has 19 heavy (non-hydrogen) atoms. The lowest BCUT2D eigenvalue weighted by molar-refractivity contribution is 0.628. The Labute approximate surface area is 115 Å². The van der Waals surface area contributed by atoms with Gasteiger partial charge in [0.2, 0.25) is 5.95 Å². The molecule has 2 rings (SSSR count). The highest BCUT2D eigenvalue weighted by Crippen LogP contribution is 2.20. The number of benzene rings is 1. The fourth-order valence-corrected chi connectivity index (χ4v) is 1.95. The van der Waals surface area contributed by atoms with Crippen LogP contribution in [0.3, 0.4) is 0 Å². The van der Waals surface area contributed by atoms with Crippen LogP contribution in [0.2, 0.25) is 5.02 Å². The lowest BCUT2D eigenvalue weighted by Gasteiger charge is -2.09. The average molecular weight is 281 g/mol. The van der Waals surface area contributed by atoms with Gasteiger partial charge in [0.15, 0.2) is 0 Å². The lowest BCUT2D eigenvalue weighted by atomic mass is 10.2. The zero-order valence-corrected chi connectivity index (χ0v) is 11.2. The first kappa shape index (κ1) is 13.7. The third kappa shape index (κ3) is 3.39. The van der Waals surface area contributed by atoms with E-state index >= 15 is 0 Å². The van der Waals surface area contributed by atoms with Gasteiger partial charge in [0.05, 0.1) is 5.69 Å². The molecule has 6 heteroatoms. The van der Waals surface area contributed by atoms with E-state index in [0.717, 1.165) is 17.7 Å². The molecule has 0 unspecified atom stereocenters. The SMILES string of the molecule is CCc1cnc(Nc2cc(F)cc(Cl)c2)nc1CN. The topological polar surface area (TPSA) is 63.8 Å². The van der Waals surface area contributed by atoms with Crippen molar-refractivity contribution in [3.05, 3.63) is 46.5 Å². The highest BCUT2D eigenvalue weighted by atomic mass is 35.5. The molecule has 4 nitrogen and oxygen atoms in total. The van der Waals surface area contributed by atoms with Gasteiger partial charge in [-0.3, -0.25) is 0 Å². The molecule has 1 aromatic carbocycles. The summed E-state index contributed by atoms with van der Waals surface area (Å²) < 4.78 is 13.2. The van der Waals surface area contributed by atoms with Crippen molar-refractivity contribution in [1.29, 1.82) is 0 Å². The molecule has 2 aromatic rings. The zero-order valence-electron chi connectivity index (χ0n) is 10.5. The fraction of sp³-hybridized carbons (Fsp3) is 0.231. The molecular formula is C13H14ClFN4. The first-order valence-corrected chi connectivity index (χ1v) is 6.28. The van der Waals surface area contributed by atoms with Crippen molar-refractivity contribution in [2.75, 3.05) is 5.32 Å². The molecule has 0 atom stereocenters. The Morgan fingerprint density at radius 2 is 2.16 bits per heavy atom. The van der Waals surface area contributed by atoms with Gasteiger partial charge >= 0.3 is 0 Å². The van der Waals surface area contributed by atoms with E-state index in [1.54, 1.807) is 12.3 Å². The highest BCUT2D eigenvalue weighted by molar-refractivity contribution is 6.30. The Hall–Kier alpha value is -1.72. The Morgan fingerprint density at radius 3 is 2.79 bits per heavy atom. The molecule has 0 aliphatic carbocycles. The molecule has 3 N–H and O–H groups in total. The average Bonchev–Trinajstić information content (AvgIpc) is 2.37. The molecule has 100 valence electrons.